The molecule has 8 heteroatoms. The lowest BCUT2D eigenvalue weighted by Gasteiger charge is -2.26. The van der Waals surface area contributed by atoms with Crippen molar-refractivity contribution in [2.24, 2.45) is 7.05 Å². The summed E-state index contributed by atoms with van der Waals surface area (Å²) < 4.78 is 28.5. The number of piperidine rings is 1. The zero-order valence-corrected chi connectivity index (χ0v) is 14.3. The van der Waals surface area contributed by atoms with Gasteiger partial charge in [-0.1, -0.05) is 12.5 Å². The van der Waals surface area contributed by atoms with Gasteiger partial charge in [0.25, 0.3) is 5.91 Å². The summed E-state index contributed by atoms with van der Waals surface area (Å²) in [7, 11) is -1.80. The van der Waals surface area contributed by atoms with E-state index in [1.54, 1.807) is 36.1 Å². The first-order valence-electron chi connectivity index (χ1n) is 7.88. The van der Waals surface area contributed by atoms with Crippen LogP contribution in [0.15, 0.2) is 41.4 Å². The minimum atomic E-state index is -3.55. The minimum absolute atomic E-state index is 0.151. The fourth-order valence-corrected chi connectivity index (χ4v) is 4.29. The van der Waals surface area contributed by atoms with E-state index >= 15 is 0 Å². The Bertz CT molecular complexity index is 839. The fourth-order valence-electron chi connectivity index (χ4n) is 2.72. The number of hydrogen-bond donors (Lipinski definition) is 1. The molecular weight excluding hydrogens is 328 g/mol. The molecule has 0 aliphatic carbocycles. The third-order valence-corrected chi connectivity index (χ3v) is 5.90. The van der Waals surface area contributed by atoms with E-state index in [-0.39, 0.29) is 10.8 Å². The van der Waals surface area contributed by atoms with Crippen molar-refractivity contribution in [3.8, 4) is 0 Å². The van der Waals surface area contributed by atoms with Crippen molar-refractivity contribution in [2.75, 3.05) is 18.4 Å². The van der Waals surface area contributed by atoms with Gasteiger partial charge >= 0.3 is 0 Å². The number of aryl methyl sites for hydroxylation is 1. The smallest absolute Gasteiger partial charge is 0.256 e. The second-order valence-electron chi connectivity index (χ2n) is 5.82. The van der Waals surface area contributed by atoms with Crippen LogP contribution in [0.4, 0.5) is 5.82 Å². The fraction of sp³-hybridized carbons (Fsp3) is 0.375. The van der Waals surface area contributed by atoms with E-state index in [9.17, 15) is 13.2 Å². The first-order chi connectivity index (χ1) is 11.5. The Morgan fingerprint density at radius 2 is 1.92 bits per heavy atom. The lowest BCUT2D eigenvalue weighted by atomic mass is 10.2. The summed E-state index contributed by atoms with van der Waals surface area (Å²) in [4.78, 5) is 12.5. The van der Waals surface area contributed by atoms with Gasteiger partial charge in [0.2, 0.25) is 10.0 Å². The molecule has 1 fully saturated rings. The highest BCUT2D eigenvalue weighted by Crippen LogP contribution is 2.21. The highest BCUT2D eigenvalue weighted by Gasteiger charge is 2.26. The van der Waals surface area contributed by atoms with Crippen LogP contribution in [0.25, 0.3) is 0 Å². The summed E-state index contributed by atoms with van der Waals surface area (Å²) in [6.07, 6.45) is 4.52. The normalized spacial score (nSPS) is 16.0. The van der Waals surface area contributed by atoms with Gasteiger partial charge in [-0.3, -0.25) is 9.48 Å². The van der Waals surface area contributed by atoms with E-state index in [4.69, 9.17) is 0 Å². The van der Waals surface area contributed by atoms with Crippen LogP contribution in [0.3, 0.4) is 0 Å². The molecule has 2 heterocycles. The summed E-state index contributed by atoms with van der Waals surface area (Å²) in [6.45, 7) is 1.07. The average molecular weight is 348 g/mol. The molecule has 1 aliphatic rings. The SMILES string of the molecule is Cn1ccc(NC(=O)c2cccc(S(=O)(=O)N3CCCCC3)c2)n1. The Morgan fingerprint density at radius 1 is 1.17 bits per heavy atom. The Morgan fingerprint density at radius 3 is 2.58 bits per heavy atom. The maximum atomic E-state index is 12.7. The van der Waals surface area contributed by atoms with Crippen molar-refractivity contribution in [1.82, 2.24) is 14.1 Å². The van der Waals surface area contributed by atoms with Crippen molar-refractivity contribution < 1.29 is 13.2 Å². The van der Waals surface area contributed by atoms with Gasteiger partial charge in [0.15, 0.2) is 5.82 Å². The minimum Gasteiger partial charge on any atom is -0.305 e. The van der Waals surface area contributed by atoms with Crippen LogP contribution in [0.1, 0.15) is 29.6 Å². The van der Waals surface area contributed by atoms with E-state index in [1.807, 2.05) is 0 Å². The number of carbonyl (C=O) groups is 1. The molecule has 0 bridgehead atoms. The molecule has 0 radical (unpaired) electrons. The van der Waals surface area contributed by atoms with Crippen LogP contribution < -0.4 is 5.32 Å². The summed E-state index contributed by atoms with van der Waals surface area (Å²) >= 11 is 0. The first-order valence-corrected chi connectivity index (χ1v) is 9.32. The summed E-state index contributed by atoms with van der Waals surface area (Å²) in [5.74, 6) is 0.0381. The molecule has 0 saturated carbocycles. The molecule has 1 aromatic heterocycles. The van der Waals surface area contributed by atoms with Crippen LogP contribution in [0.2, 0.25) is 0 Å². The molecule has 128 valence electrons. The molecule has 1 aromatic carbocycles. The lowest BCUT2D eigenvalue weighted by molar-refractivity contribution is 0.102. The predicted octanol–water partition coefficient (Wildman–Crippen LogP) is 1.85. The number of hydrogen-bond acceptors (Lipinski definition) is 4. The Kier molecular flexibility index (Phi) is 4.68. The molecule has 1 aliphatic heterocycles. The van der Waals surface area contributed by atoms with E-state index in [2.05, 4.69) is 10.4 Å². The zero-order chi connectivity index (χ0) is 17.2. The van der Waals surface area contributed by atoms with Crippen molar-refractivity contribution in [3.63, 3.8) is 0 Å². The molecule has 2 aromatic rings. The molecule has 0 atom stereocenters. The largest absolute Gasteiger partial charge is 0.305 e. The van der Waals surface area contributed by atoms with Gasteiger partial charge in [0.05, 0.1) is 4.90 Å². The summed E-state index contributed by atoms with van der Waals surface area (Å²) in [5.41, 5.74) is 0.290. The number of nitrogens with zero attached hydrogens (tertiary/aromatic N) is 3. The number of rotatable bonds is 4. The average Bonchev–Trinajstić information content (AvgIpc) is 3.00. The monoisotopic (exact) mass is 348 g/mol. The first kappa shape index (κ1) is 16.7. The number of sulfonamides is 1. The van der Waals surface area contributed by atoms with E-state index < -0.39 is 10.0 Å². The molecule has 7 nitrogen and oxygen atoms in total. The van der Waals surface area contributed by atoms with Crippen LogP contribution in [0.5, 0.6) is 0 Å². The van der Waals surface area contributed by atoms with Gasteiger partial charge < -0.3 is 5.32 Å². The predicted molar refractivity (Wildman–Crippen MR) is 90.2 cm³/mol. The van der Waals surface area contributed by atoms with Gasteiger partial charge in [0.1, 0.15) is 0 Å². The van der Waals surface area contributed by atoms with Gasteiger partial charge in [-0.2, -0.15) is 9.40 Å². The standard InChI is InChI=1S/C16H20N4O3S/c1-19-11-8-15(18-19)17-16(21)13-6-5-7-14(12-13)24(22,23)20-9-3-2-4-10-20/h5-8,11-12H,2-4,9-10H2,1H3,(H,17,18,21). The molecule has 24 heavy (non-hydrogen) atoms. The van der Waals surface area contributed by atoms with Gasteiger partial charge in [-0.25, -0.2) is 8.42 Å². The summed E-state index contributed by atoms with van der Waals surface area (Å²) in [6, 6.07) is 7.80. The number of amides is 1. The zero-order valence-electron chi connectivity index (χ0n) is 13.5. The molecule has 0 spiro atoms. The molecule has 1 amide bonds. The van der Waals surface area contributed by atoms with Crippen molar-refractivity contribution in [2.45, 2.75) is 24.2 Å². The number of carbonyl (C=O) groups excluding carboxylic acids is 1. The topological polar surface area (TPSA) is 84.3 Å². The van der Waals surface area contributed by atoms with E-state index in [1.165, 1.54) is 16.4 Å². The Hall–Kier alpha value is -2.19. The number of anilines is 1. The maximum Gasteiger partial charge on any atom is 0.256 e. The van der Waals surface area contributed by atoms with Crippen LogP contribution in [0, 0.1) is 0 Å². The molecule has 1 N–H and O–H groups in total. The Balaban J connectivity index is 1.81. The van der Waals surface area contributed by atoms with Crippen LogP contribution >= 0.6 is 0 Å². The summed E-state index contributed by atoms with van der Waals surface area (Å²) in [5, 5.41) is 6.74. The number of aromatic nitrogens is 2. The van der Waals surface area contributed by atoms with Crippen molar-refractivity contribution in [1.29, 1.82) is 0 Å². The van der Waals surface area contributed by atoms with E-state index in [0.29, 0.717) is 24.5 Å². The quantitative estimate of drug-likeness (QED) is 0.914. The lowest BCUT2D eigenvalue weighted by Crippen LogP contribution is -2.35. The van der Waals surface area contributed by atoms with Gasteiger partial charge in [-0.15, -0.1) is 0 Å². The van der Waals surface area contributed by atoms with Crippen LogP contribution in [-0.4, -0.2) is 41.5 Å². The molecule has 1 saturated heterocycles. The maximum absolute atomic E-state index is 12.7. The van der Waals surface area contributed by atoms with Crippen molar-refractivity contribution in [3.05, 3.63) is 42.1 Å². The molecule has 0 unspecified atom stereocenters. The van der Waals surface area contributed by atoms with Crippen LogP contribution in [-0.2, 0) is 17.1 Å². The van der Waals surface area contributed by atoms with Crippen molar-refractivity contribution >= 4 is 21.7 Å². The Labute approximate surface area is 141 Å². The third kappa shape index (κ3) is 3.49. The second kappa shape index (κ2) is 6.74. The molecule has 3 rings (SSSR count). The van der Waals surface area contributed by atoms with Gasteiger partial charge in [0, 0.05) is 38.0 Å². The van der Waals surface area contributed by atoms with Gasteiger partial charge in [-0.05, 0) is 31.0 Å². The second-order valence-corrected chi connectivity index (χ2v) is 7.76. The number of nitrogens with one attached hydrogen (secondary N) is 1. The highest BCUT2D eigenvalue weighted by molar-refractivity contribution is 7.89. The highest BCUT2D eigenvalue weighted by atomic mass is 32.2. The number of benzene rings is 1. The molecular formula is C16H20N4O3S. The third-order valence-electron chi connectivity index (χ3n) is 4.00. The van der Waals surface area contributed by atoms with E-state index in [0.717, 1.165) is 19.3 Å².